The topological polar surface area (TPSA) is 126 Å². The minimum Gasteiger partial charge on any atom is -0.497 e. The standard InChI is InChI=1S/C21H25N3O6S3/c1-4-21-22-19(14-31-21)20(12-15-8-10-16(11-9-15)23-33(27,28)29)24(32(3,25)26)17-6-5-7-18(13-17)30-2/h5-11,13-14,20,23H,4,12H2,1-3H3,(H,27,28,29). The molecule has 3 rings (SSSR count). The smallest absolute Gasteiger partial charge is 0.357 e. The quantitative estimate of drug-likeness (QED) is 0.398. The summed E-state index contributed by atoms with van der Waals surface area (Å²) >= 11 is 1.47. The monoisotopic (exact) mass is 511 g/mol. The molecule has 1 atom stereocenters. The van der Waals surface area contributed by atoms with Gasteiger partial charge in [-0.05, 0) is 42.7 Å². The Labute approximate surface area is 198 Å². The van der Waals surface area contributed by atoms with Crippen LogP contribution in [0.4, 0.5) is 11.4 Å². The van der Waals surface area contributed by atoms with Gasteiger partial charge in [0.1, 0.15) is 5.75 Å². The fourth-order valence-electron chi connectivity index (χ4n) is 3.38. The Balaban J connectivity index is 2.06. The zero-order valence-corrected chi connectivity index (χ0v) is 20.7. The molecule has 0 bridgehead atoms. The van der Waals surface area contributed by atoms with Gasteiger partial charge in [-0.15, -0.1) is 11.3 Å². The molecule has 1 unspecified atom stereocenters. The van der Waals surface area contributed by atoms with Crippen molar-refractivity contribution in [2.24, 2.45) is 0 Å². The zero-order valence-electron chi connectivity index (χ0n) is 18.3. The predicted molar refractivity (Wildman–Crippen MR) is 130 cm³/mol. The Kier molecular flexibility index (Phi) is 7.62. The van der Waals surface area contributed by atoms with E-state index < -0.39 is 26.4 Å². The summed E-state index contributed by atoms with van der Waals surface area (Å²) in [5, 5.41) is 2.75. The van der Waals surface area contributed by atoms with Crippen molar-refractivity contribution >= 4 is 43.0 Å². The fourth-order valence-corrected chi connectivity index (χ4v) is 5.75. The molecule has 1 heterocycles. The molecular formula is C21H25N3O6S3. The van der Waals surface area contributed by atoms with E-state index in [4.69, 9.17) is 9.29 Å². The minimum absolute atomic E-state index is 0.187. The maximum Gasteiger partial charge on any atom is 0.357 e. The maximum absolute atomic E-state index is 13.0. The molecule has 2 aromatic carbocycles. The fraction of sp³-hybridized carbons (Fsp3) is 0.286. The number of aromatic nitrogens is 1. The Hall–Kier alpha value is -2.67. The molecule has 33 heavy (non-hydrogen) atoms. The van der Waals surface area contributed by atoms with E-state index in [-0.39, 0.29) is 12.1 Å². The van der Waals surface area contributed by atoms with Crippen LogP contribution < -0.4 is 13.8 Å². The van der Waals surface area contributed by atoms with Gasteiger partial charge in [0, 0.05) is 11.4 Å². The lowest BCUT2D eigenvalue weighted by molar-refractivity contribution is 0.415. The lowest BCUT2D eigenvalue weighted by Gasteiger charge is -2.31. The summed E-state index contributed by atoms with van der Waals surface area (Å²) in [6, 6.07) is 12.5. The summed E-state index contributed by atoms with van der Waals surface area (Å²) in [6.07, 6.45) is 2.15. The molecular weight excluding hydrogens is 486 g/mol. The number of hydrogen-bond donors (Lipinski definition) is 2. The van der Waals surface area contributed by atoms with Crippen LogP contribution in [0.3, 0.4) is 0 Å². The van der Waals surface area contributed by atoms with Crippen LogP contribution in [-0.4, -0.2) is 39.7 Å². The number of sulfonamides is 1. The number of methoxy groups -OCH3 is 1. The lowest BCUT2D eigenvalue weighted by atomic mass is 10.0. The molecule has 12 heteroatoms. The summed E-state index contributed by atoms with van der Waals surface area (Å²) in [4.78, 5) is 4.65. The van der Waals surface area contributed by atoms with Crippen molar-refractivity contribution in [1.29, 1.82) is 0 Å². The van der Waals surface area contributed by atoms with Crippen molar-refractivity contribution in [3.63, 3.8) is 0 Å². The van der Waals surface area contributed by atoms with E-state index in [0.29, 0.717) is 17.1 Å². The molecule has 9 nitrogen and oxygen atoms in total. The van der Waals surface area contributed by atoms with Crippen LogP contribution in [0, 0.1) is 0 Å². The zero-order chi connectivity index (χ0) is 24.2. The van der Waals surface area contributed by atoms with E-state index in [0.717, 1.165) is 23.2 Å². The Morgan fingerprint density at radius 3 is 2.39 bits per heavy atom. The first kappa shape index (κ1) is 25.0. The molecule has 0 aliphatic rings. The molecule has 0 fully saturated rings. The molecule has 3 aromatic rings. The van der Waals surface area contributed by atoms with E-state index >= 15 is 0 Å². The highest BCUT2D eigenvalue weighted by Crippen LogP contribution is 2.35. The van der Waals surface area contributed by atoms with Gasteiger partial charge in [-0.25, -0.2) is 13.4 Å². The number of ether oxygens (including phenoxy) is 1. The molecule has 0 saturated heterocycles. The van der Waals surface area contributed by atoms with Crippen LogP contribution in [0.15, 0.2) is 53.9 Å². The van der Waals surface area contributed by atoms with Crippen LogP contribution in [0.1, 0.15) is 29.2 Å². The highest BCUT2D eigenvalue weighted by Gasteiger charge is 2.31. The van der Waals surface area contributed by atoms with Gasteiger partial charge in [-0.3, -0.25) is 13.6 Å². The second-order valence-corrected chi connectivity index (χ2v) is 11.2. The summed E-state index contributed by atoms with van der Waals surface area (Å²) < 4.78 is 65.6. The summed E-state index contributed by atoms with van der Waals surface area (Å²) in [5.74, 6) is 0.521. The highest BCUT2D eigenvalue weighted by molar-refractivity contribution is 7.92. The molecule has 2 N–H and O–H groups in total. The van der Waals surface area contributed by atoms with Gasteiger partial charge in [-0.1, -0.05) is 25.1 Å². The Bertz CT molecular complexity index is 1310. The molecule has 0 spiro atoms. The van der Waals surface area contributed by atoms with E-state index in [1.165, 1.54) is 34.9 Å². The van der Waals surface area contributed by atoms with Gasteiger partial charge in [0.05, 0.1) is 41.5 Å². The van der Waals surface area contributed by atoms with Crippen LogP contribution in [0.25, 0.3) is 0 Å². The van der Waals surface area contributed by atoms with Gasteiger partial charge < -0.3 is 4.74 Å². The van der Waals surface area contributed by atoms with E-state index in [9.17, 15) is 16.8 Å². The summed E-state index contributed by atoms with van der Waals surface area (Å²) in [6.45, 7) is 1.98. The number of nitrogens with zero attached hydrogens (tertiary/aromatic N) is 2. The molecule has 0 saturated carbocycles. The normalized spacial score (nSPS) is 12.8. The average Bonchev–Trinajstić information content (AvgIpc) is 3.22. The molecule has 0 aliphatic carbocycles. The number of benzene rings is 2. The number of aryl methyl sites for hydroxylation is 1. The predicted octanol–water partition coefficient (Wildman–Crippen LogP) is 3.68. The molecule has 1 aromatic heterocycles. The van der Waals surface area contributed by atoms with Crippen molar-refractivity contribution < 1.29 is 26.1 Å². The van der Waals surface area contributed by atoms with Crippen molar-refractivity contribution in [3.05, 3.63) is 70.2 Å². The summed E-state index contributed by atoms with van der Waals surface area (Å²) in [5.41, 5.74) is 2.00. The lowest BCUT2D eigenvalue weighted by Crippen LogP contribution is -2.35. The van der Waals surface area contributed by atoms with Crippen LogP contribution in [0.5, 0.6) is 5.75 Å². The Morgan fingerprint density at radius 2 is 1.85 bits per heavy atom. The number of rotatable bonds is 10. The third kappa shape index (κ3) is 6.67. The van der Waals surface area contributed by atoms with Gasteiger partial charge in [0.2, 0.25) is 10.0 Å². The second-order valence-electron chi connectivity index (χ2n) is 7.27. The van der Waals surface area contributed by atoms with Gasteiger partial charge in [0.25, 0.3) is 0 Å². The molecule has 0 radical (unpaired) electrons. The molecule has 0 aliphatic heterocycles. The number of hydrogen-bond acceptors (Lipinski definition) is 7. The Morgan fingerprint density at radius 1 is 1.15 bits per heavy atom. The third-order valence-corrected chi connectivity index (χ3v) is 7.48. The van der Waals surface area contributed by atoms with Crippen molar-refractivity contribution in [2.75, 3.05) is 22.4 Å². The van der Waals surface area contributed by atoms with Gasteiger partial charge in [0.15, 0.2) is 0 Å². The van der Waals surface area contributed by atoms with Crippen molar-refractivity contribution in [1.82, 2.24) is 4.98 Å². The first-order chi connectivity index (χ1) is 15.5. The molecule has 0 amide bonds. The minimum atomic E-state index is -4.39. The maximum atomic E-state index is 13.0. The molecule has 178 valence electrons. The summed E-state index contributed by atoms with van der Waals surface area (Å²) in [7, 11) is -6.60. The van der Waals surface area contributed by atoms with E-state index in [2.05, 4.69) is 4.98 Å². The second kappa shape index (κ2) is 10.1. The average molecular weight is 512 g/mol. The van der Waals surface area contributed by atoms with E-state index in [1.807, 2.05) is 17.0 Å². The first-order valence-corrected chi connectivity index (χ1v) is 14.1. The van der Waals surface area contributed by atoms with E-state index in [1.54, 1.807) is 36.4 Å². The van der Waals surface area contributed by atoms with Gasteiger partial charge >= 0.3 is 10.3 Å². The largest absolute Gasteiger partial charge is 0.497 e. The highest BCUT2D eigenvalue weighted by atomic mass is 32.2. The first-order valence-electron chi connectivity index (χ1n) is 9.92. The van der Waals surface area contributed by atoms with Crippen LogP contribution >= 0.6 is 11.3 Å². The number of thiazole rings is 1. The van der Waals surface area contributed by atoms with Crippen LogP contribution in [0.2, 0.25) is 0 Å². The van der Waals surface area contributed by atoms with Crippen molar-refractivity contribution in [3.8, 4) is 5.75 Å². The number of anilines is 2. The van der Waals surface area contributed by atoms with Crippen LogP contribution in [-0.2, 0) is 33.2 Å². The SMILES string of the molecule is CCc1nc(C(Cc2ccc(NS(=O)(=O)O)cc2)N(c2cccc(OC)c2)S(C)(=O)=O)cs1. The third-order valence-electron chi connectivity index (χ3n) is 4.79. The number of nitrogens with one attached hydrogen (secondary N) is 1. The van der Waals surface area contributed by atoms with Gasteiger partial charge in [-0.2, -0.15) is 8.42 Å². The van der Waals surface area contributed by atoms with Crippen molar-refractivity contribution in [2.45, 2.75) is 25.8 Å².